The lowest BCUT2D eigenvalue weighted by atomic mass is 10.0. The van der Waals surface area contributed by atoms with Crippen molar-refractivity contribution in [1.82, 2.24) is 0 Å². The quantitative estimate of drug-likeness (QED) is 0.427. The smallest absolute Gasteiger partial charge is 0.157 e. The molecule has 0 aromatic rings. The maximum atomic E-state index is 5.84. The van der Waals surface area contributed by atoms with E-state index in [1.807, 2.05) is 0 Å². The molecule has 2 fully saturated rings. The molecule has 2 aliphatic heterocycles. The number of ether oxygens (including phenoxy) is 4. The summed E-state index contributed by atoms with van der Waals surface area (Å²) in [4.78, 5) is 0. The Morgan fingerprint density at radius 3 is 2.08 bits per heavy atom. The Labute approximate surface area is 147 Å². The van der Waals surface area contributed by atoms with Crippen LogP contribution in [-0.2, 0) is 18.9 Å². The predicted molar refractivity (Wildman–Crippen MR) is 95.8 cm³/mol. The van der Waals surface area contributed by atoms with Gasteiger partial charge in [-0.3, -0.25) is 0 Å². The van der Waals surface area contributed by atoms with Gasteiger partial charge in [-0.2, -0.15) is 0 Å². The summed E-state index contributed by atoms with van der Waals surface area (Å²) in [5, 5.41) is 0. The Morgan fingerprint density at radius 2 is 1.42 bits per heavy atom. The average molecular weight is 341 g/mol. The second-order valence-corrected chi connectivity index (χ2v) is 7.11. The third-order valence-corrected chi connectivity index (χ3v) is 4.75. The highest BCUT2D eigenvalue weighted by Crippen LogP contribution is 2.23. The van der Waals surface area contributed by atoms with E-state index < -0.39 is 0 Å². The number of rotatable bonds is 10. The molecule has 4 nitrogen and oxygen atoms in total. The Hall–Kier alpha value is -0.420. The molecule has 0 N–H and O–H groups in total. The molecule has 0 aromatic carbocycles. The maximum absolute atomic E-state index is 5.84. The number of allylic oxidation sites excluding steroid dienone is 1. The average Bonchev–Trinajstić information content (AvgIpc) is 2.63. The second-order valence-electron chi connectivity index (χ2n) is 7.11. The van der Waals surface area contributed by atoms with Gasteiger partial charge in [0.15, 0.2) is 12.6 Å². The van der Waals surface area contributed by atoms with Gasteiger partial charge < -0.3 is 18.9 Å². The molecule has 0 saturated carbocycles. The largest absolute Gasteiger partial charge is 0.352 e. The van der Waals surface area contributed by atoms with Gasteiger partial charge in [0.2, 0.25) is 0 Å². The van der Waals surface area contributed by atoms with Gasteiger partial charge >= 0.3 is 0 Å². The van der Waals surface area contributed by atoms with Gasteiger partial charge in [-0.05, 0) is 32.1 Å². The zero-order valence-corrected chi connectivity index (χ0v) is 15.6. The summed E-state index contributed by atoms with van der Waals surface area (Å²) in [6.07, 6.45) is 13.5. The van der Waals surface area contributed by atoms with E-state index in [1.54, 1.807) is 0 Å². The highest BCUT2D eigenvalue weighted by molar-refractivity contribution is 4.89. The van der Waals surface area contributed by atoms with Gasteiger partial charge in [0.25, 0.3) is 0 Å². The molecule has 4 heteroatoms. The minimum atomic E-state index is -0.0527. The Balaban J connectivity index is 1.52. The van der Waals surface area contributed by atoms with E-state index in [1.165, 1.54) is 25.7 Å². The molecule has 2 aliphatic rings. The maximum Gasteiger partial charge on any atom is 0.157 e. The standard InChI is InChI=1S/C20H36O4/c1-3-5-7-9-17-13-23-20(24-14-17)12-11-18-15-21-19(22-16-18)10-8-6-4-2/h7,9,17-20H,3-6,8,10-16H2,1-2H3/b9-7+/t17?,18-,19-,20?. The molecular weight excluding hydrogens is 304 g/mol. The zero-order valence-electron chi connectivity index (χ0n) is 15.6. The highest BCUT2D eigenvalue weighted by atomic mass is 16.7. The van der Waals surface area contributed by atoms with Crippen molar-refractivity contribution in [3.05, 3.63) is 12.2 Å². The van der Waals surface area contributed by atoms with Crippen LogP contribution in [0.15, 0.2) is 12.2 Å². The molecule has 0 atom stereocenters. The lowest BCUT2D eigenvalue weighted by Gasteiger charge is -2.32. The fraction of sp³-hybridized carbons (Fsp3) is 0.900. The van der Waals surface area contributed by atoms with Crippen LogP contribution in [0.2, 0.25) is 0 Å². The normalized spacial score (nSPS) is 31.6. The molecule has 2 heterocycles. The topological polar surface area (TPSA) is 36.9 Å². The summed E-state index contributed by atoms with van der Waals surface area (Å²) in [6, 6.07) is 0. The number of unbranched alkanes of at least 4 members (excludes halogenated alkanes) is 3. The van der Waals surface area contributed by atoms with Crippen LogP contribution in [-0.4, -0.2) is 39.0 Å². The van der Waals surface area contributed by atoms with E-state index in [9.17, 15) is 0 Å². The van der Waals surface area contributed by atoms with E-state index >= 15 is 0 Å². The van der Waals surface area contributed by atoms with Crippen LogP contribution in [0.4, 0.5) is 0 Å². The van der Waals surface area contributed by atoms with Gasteiger partial charge in [0.1, 0.15) is 0 Å². The molecule has 0 aliphatic carbocycles. The monoisotopic (exact) mass is 340 g/mol. The molecule has 140 valence electrons. The van der Waals surface area contributed by atoms with Crippen molar-refractivity contribution in [2.45, 2.75) is 77.8 Å². The Bertz CT molecular complexity index is 329. The molecule has 0 radical (unpaired) electrons. The van der Waals surface area contributed by atoms with Crippen molar-refractivity contribution in [3.8, 4) is 0 Å². The number of hydrogen-bond donors (Lipinski definition) is 0. The van der Waals surface area contributed by atoms with Crippen molar-refractivity contribution >= 4 is 0 Å². The fourth-order valence-corrected chi connectivity index (χ4v) is 3.14. The molecule has 0 amide bonds. The first-order chi connectivity index (χ1) is 11.8. The van der Waals surface area contributed by atoms with Crippen molar-refractivity contribution in [1.29, 1.82) is 0 Å². The lowest BCUT2D eigenvalue weighted by molar-refractivity contribution is -0.216. The van der Waals surface area contributed by atoms with E-state index in [0.29, 0.717) is 11.8 Å². The summed E-state index contributed by atoms with van der Waals surface area (Å²) in [7, 11) is 0. The third kappa shape index (κ3) is 7.64. The molecule has 2 rings (SSSR count). The van der Waals surface area contributed by atoms with Gasteiger partial charge in [-0.1, -0.05) is 45.3 Å². The van der Waals surface area contributed by atoms with Crippen LogP contribution in [0.1, 0.15) is 65.2 Å². The second kappa shape index (κ2) is 12.0. The van der Waals surface area contributed by atoms with Crippen LogP contribution >= 0.6 is 0 Å². The van der Waals surface area contributed by atoms with Crippen molar-refractivity contribution in [2.24, 2.45) is 11.8 Å². The molecule has 0 aromatic heterocycles. The minimum Gasteiger partial charge on any atom is -0.352 e. The lowest BCUT2D eigenvalue weighted by Crippen LogP contribution is -2.34. The SMILES string of the molecule is CCC/C=C/C1COC(CC[C@H]2CO[C@H](CCCCC)OC2)OC1. The van der Waals surface area contributed by atoms with Crippen molar-refractivity contribution < 1.29 is 18.9 Å². The molecule has 0 spiro atoms. The summed E-state index contributed by atoms with van der Waals surface area (Å²) in [5.74, 6) is 0.889. The van der Waals surface area contributed by atoms with Gasteiger partial charge in [-0.15, -0.1) is 0 Å². The van der Waals surface area contributed by atoms with E-state index in [-0.39, 0.29) is 12.6 Å². The van der Waals surface area contributed by atoms with E-state index in [0.717, 1.165) is 52.1 Å². The number of hydrogen-bond acceptors (Lipinski definition) is 4. The van der Waals surface area contributed by atoms with Gasteiger partial charge in [0.05, 0.1) is 26.4 Å². The Kier molecular flexibility index (Phi) is 9.96. The highest BCUT2D eigenvalue weighted by Gasteiger charge is 2.25. The Morgan fingerprint density at radius 1 is 0.750 bits per heavy atom. The van der Waals surface area contributed by atoms with Crippen LogP contribution in [0, 0.1) is 11.8 Å². The van der Waals surface area contributed by atoms with Crippen LogP contribution < -0.4 is 0 Å². The third-order valence-electron chi connectivity index (χ3n) is 4.75. The van der Waals surface area contributed by atoms with Crippen molar-refractivity contribution in [2.75, 3.05) is 26.4 Å². The van der Waals surface area contributed by atoms with Gasteiger partial charge in [-0.25, -0.2) is 0 Å². The summed E-state index contributed by atoms with van der Waals surface area (Å²) >= 11 is 0. The molecule has 2 saturated heterocycles. The fourth-order valence-electron chi connectivity index (χ4n) is 3.14. The summed E-state index contributed by atoms with van der Waals surface area (Å²) in [6.45, 7) is 7.60. The molecule has 0 unspecified atom stereocenters. The minimum absolute atomic E-state index is 0.0191. The first-order valence-electron chi connectivity index (χ1n) is 9.94. The van der Waals surface area contributed by atoms with Crippen LogP contribution in [0.3, 0.4) is 0 Å². The van der Waals surface area contributed by atoms with E-state index in [4.69, 9.17) is 18.9 Å². The van der Waals surface area contributed by atoms with Crippen molar-refractivity contribution in [3.63, 3.8) is 0 Å². The molecule has 0 bridgehead atoms. The first kappa shape index (κ1) is 19.9. The van der Waals surface area contributed by atoms with Crippen LogP contribution in [0.25, 0.3) is 0 Å². The van der Waals surface area contributed by atoms with Gasteiger partial charge in [0, 0.05) is 11.8 Å². The summed E-state index contributed by atoms with van der Waals surface area (Å²) < 4.78 is 23.4. The molecule has 24 heavy (non-hydrogen) atoms. The van der Waals surface area contributed by atoms with E-state index in [2.05, 4.69) is 26.0 Å². The summed E-state index contributed by atoms with van der Waals surface area (Å²) in [5.41, 5.74) is 0. The molecular formula is C20H36O4. The zero-order chi connectivity index (χ0) is 17.0. The predicted octanol–water partition coefficient (Wildman–Crippen LogP) is 4.68. The first-order valence-corrected chi connectivity index (χ1v) is 9.94. The van der Waals surface area contributed by atoms with Crippen LogP contribution in [0.5, 0.6) is 0 Å².